The first-order valence-electron chi connectivity index (χ1n) is 23.0. The molecule has 3 aromatic carbocycles. The maximum absolute atomic E-state index is 14.1. The van der Waals surface area contributed by atoms with Crippen LogP contribution < -0.4 is 16.0 Å². The Kier molecular flexibility index (Phi) is 15.3. The number of hydrogen-bond donors (Lipinski definition) is 3. The van der Waals surface area contributed by atoms with Gasteiger partial charge in [0, 0.05) is 74.3 Å². The van der Waals surface area contributed by atoms with E-state index >= 15 is 0 Å². The van der Waals surface area contributed by atoms with Crippen LogP contribution in [0.15, 0.2) is 84.9 Å². The van der Waals surface area contributed by atoms with Crippen LogP contribution in [0.3, 0.4) is 0 Å². The first-order valence-corrected chi connectivity index (χ1v) is 23.0. The summed E-state index contributed by atoms with van der Waals surface area (Å²) < 4.78 is 6.30. The first-order chi connectivity index (χ1) is 29.7. The molecule has 2 heterocycles. The third-order valence-electron chi connectivity index (χ3n) is 13.1. The summed E-state index contributed by atoms with van der Waals surface area (Å²) in [6.45, 7) is 5.89. The quantitative estimate of drug-likeness (QED) is 0.0992. The molecule has 8 atom stereocenters. The molecule has 11 nitrogen and oxygen atoms in total. The lowest BCUT2D eigenvalue weighted by Crippen LogP contribution is -2.44. The smallest absolute Gasteiger partial charge is 0.254 e. The molecular weight excluding hydrogens is 767 g/mol. The van der Waals surface area contributed by atoms with Gasteiger partial charge in [0.05, 0.1) is 24.0 Å². The number of carbonyl (C=O) groups excluding carboxylic acids is 5. The first kappa shape index (κ1) is 44.0. The SMILES string of the molecule is CCCCCCCO[C@@H]1CN(C(=O)c2ccc(C(=O)N3C[C@@H](C(=O)N[C@H]4C[C@@H]4c4ccccc4)[C@H](C(=O)N[C@H]4C[C@@H]4c4ccccc4)C3)cc2)C[C@H]1NC(=O)CCCCCC. The largest absolute Gasteiger partial charge is 0.374 e. The molecule has 11 heteroatoms. The zero-order chi connectivity index (χ0) is 42.7. The topological polar surface area (TPSA) is 137 Å². The predicted octanol–water partition coefficient (Wildman–Crippen LogP) is 6.99. The lowest BCUT2D eigenvalue weighted by atomic mass is 9.94. The van der Waals surface area contributed by atoms with E-state index < -0.39 is 11.8 Å². The van der Waals surface area contributed by atoms with Gasteiger partial charge in [-0.05, 0) is 61.1 Å². The Morgan fingerprint density at radius 3 is 1.52 bits per heavy atom. The molecule has 2 aliphatic heterocycles. The average molecular weight is 832 g/mol. The van der Waals surface area contributed by atoms with Crippen LogP contribution in [0.5, 0.6) is 0 Å². The van der Waals surface area contributed by atoms with Gasteiger partial charge in [0.2, 0.25) is 17.7 Å². The van der Waals surface area contributed by atoms with Gasteiger partial charge in [0.15, 0.2) is 0 Å². The van der Waals surface area contributed by atoms with Gasteiger partial charge in [-0.25, -0.2) is 0 Å². The number of rotatable bonds is 21. The van der Waals surface area contributed by atoms with E-state index in [-0.39, 0.29) is 78.7 Å². The maximum Gasteiger partial charge on any atom is 0.254 e. The Balaban J connectivity index is 0.978. The summed E-state index contributed by atoms with van der Waals surface area (Å²) in [5.74, 6) is -1.80. The number of nitrogens with one attached hydrogen (secondary N) is 3. The number of unbranched alkanes of at least 4 members (excludes halogenated alkanes) is 7. The number of nitrogens with zero attached hydrogens (tertiary/aromatic N) is 2. The van der Waals surface area contributed by atoms with Crippen molar-refractivity contribution in [2.75, 3.05) is 32.8 Å². The molecule has 61 heavy (non-hydrogen) atoms. The Hall–Kier alpha value is -5.03. The van der Waals surface area contributed by atoms with Gasteiger partial charge in [0.1, 0.15) is 0 Å². The average Bonchev–Trinajstić information content (AvgIpc) is 4.14. The molecule has 2 saturated carbocycles. The molecule has 3 N–H and O–H groups in total. The highest BCUT2D eigenvalue weighted by atomic mass is 16.5. The van der Waals surface area contributed by atoms with E-state index in [2.05, 4.69) is 54.1 Å². The van der Waals surface area contributed by atoms with Crippen molar-refractivity contribution in [2.45, 2.75) is 127 Å². The Morgan fingerprint density at radius 2 is 1.02 bits per heavy atom. The number of hydrogen-bond acceptors (Lipinski definition) is 6. The molecule has 7 rings (SSSR count). The zero-order valence-corrected chi connectivity index (χ0v) is 36.1. The molecule has 0 radical (unpaired) electrons. The number of likely N-dealkylation sites (tertiary alicyclic amines) is 2. The predicted molar refractivity (Wildman–Crippen MR) is 236 cm³/mol. The van der Waals surface area contributed by atoms with Crippen molar-refractivity contribution >= 4 is 29.5 Å². The number of benzene rings is 3. The van der Waals surface area contributed by atoms with Crippen molar-refractivity contribution in [1.82, 2.24) is 25.8 Å². The van der Waals surface area contributed by atoms with Crippen molar-refractivity contribution < 1.29 is 28.7 Å². The lowest BCUT2D eigenvalue weighted by molar-refractivity contribution is -0.133. The van der Waals surface area contributed by atoms with Crippen molar-refractivity contribution in [1.29, 1.82) is 0 Å². The Morgan fingerprint density at radius 1 is 0.541 bits per heavy atom. The third kappa shape index (κ3) is 11.7. The van der Waals surface area contributed by atoms with E-state index in [1.54, 1.807) is 34.1 Å². The van der Waals surface area contributed by atoms with E-state index in [4.69, 9.17) is 4.74 Å². The summed E-state index contributed by atoms with van der Waals surface area (Å²) in [6, 6.07) is 26.6. The molecular formula is C50H65N5O6. The minimum atomic E-state index is -0.692. The zero-order valence-electron chi connectivity index (χ0n) is 36.1. The van der Waals surface area contributed by atoms with Gasteiger partial charge >= 0.3 is 0 Å². The summed E-state index contributed by atoms with van der Waals surface area (Å²) in [4.78, 5) is 72.0. The highest BCUT2D eigenvalue weighted by molar-refractivity contribution is 5.99. The number of amides is 5. The fourth-order valence-electron chi connectivity index (χ4n) is 9.23. The van der Waals surface area contributed by atoms with Crippen LogP contribution in [0.2, 0.25) is 0 Å². The Labute approximate surface area is 361 Å². The normalized spacial score (nSPS) is 25.2. The van der Waals surface area contributed by atoms with E-state index in [1.165, 1.54) is 30.4 Å². The van der Waals surface area contributed by atoms with Gasteiger partial charge in [-0.15, -0.1) is 0 Å². The second kappa shape index (κ2) is 21.2. The molecule has 4 aliphatic rings. The maximum atomic E-state index is 14.1. The standard InChI is InChI=1S/C50H65N5O6/c1-3-5-7-9-17-27-61-45-33-55(32-44(45)51-46(56)22-16-8-6-4-2)50(60)37-25-23-36(24-26-37)49(59)54-30-40(47(57)52-42-28-38(42)34-18-12-10-13-19-34)41(31-54)48(58)53-43-29-39(43)35-20-14-11-15-21-35/h10-15,18-21,23-26,38-45H,3-9,16-17,22,27-33H2,1-2H3,(H,51,56)(H,52,57)(H,53,58)/t38-,39-,40-,41-,42+,43+,44-,45-/m1/s1. The van der Waals surface area contributed by atoms with Crippen molar-refractivity contribution in [3.8, 4) is 0 Å². The molecule has 0 bridgehead atoms. The highest BCUT2D eigenvalue weighted by Gasteiger charge is 2.49. The van der Waals surface area contributed by atoms with Crippen molar-refractivity contribution in [3.63, 3.8) is 0 Å². The van der Waals surface area contributed by atoms with Gasteiger partial charge in [0.25, 0.3) is 11.8 Å². The second-order valence-electron chi connectivity index (χ2n) is 17.8. The molecule has 0 aromatic heterocycles. The summed E-state index contributed by atoms with van der Waals surface area (Å²) in [5.41, 5.74) is 3.18. The minimum absolute atomic E-state index is 0.00515. The van der Waals surface area contributed by atoms with Gasteiger partial charge in [-0.1, -0.05) is 119 Å². The fraction of sp³-hybridized carbons (Fsp3) is 0.540. The van der Waals surface area contributed by atoms with Gasteiger partial charge in [-0.3, -0.25) is 24.0 Å². The van der Waals surface area contributed by atoms with E-state index in [9.17, 15) is 24.0 Å². The molecule has 3 aromatic rings. The van der Waals surface area contributed by atoms with E-state index in [1.807, 2.05) is 36.4 Å². The number of ether oxygens (including phenoxy) is 1. The third-order valence-corrected chi connectivity index (χ3v) is 13.1. The van der Waals surface area contributed by atoms with Crippen LogP contribution in [0.4, 0.5) is 0 Å². The van der Waals surface area contributed by atoms with Crippen LogP contribution in [0, 0.1) is 11.8 Å². The number of carbonyl (C=O) groups is 5. The lowest BCUT2D eigenvalue weighted by Gasteiger charge is -2.20. The van der Waals surface area contributed by atoms with Crippen LogP contribution in [0.1, 0.15) is 135 Å². The molecule has 0 spiro atoms. The fourth-order valence-corrected chi connectivity index (χ4v) is 9.23. The Bertz CT molecular complexity index is 1870. The molecule has 0 unspecified atom stereocenters. The molecule has 326 valence electrons. The van der Waals surface area contributed by atoms with Crippen molar-refractivity contribution in [3.05, 3.63) is 107 Å². The summed E-state index contributed by atoms with van der Waals surface area (Å²) >= 11 is 0. The summed E-state index contributed by atoms with van der Waals surface area (Å²) in [7, 11) is 0. The van der Waals surface area contributed by atoms with E-state index in [0.717, 1.165) is 51.4 Å². The minimum Gasteiger partial charge on any atom is -0.374 e. The van der Waals surface area contributed by atoms with Gasteiger partial charge < -0.3 is 30.5 Å². The molecule has 2 saturated heterocycles. The van der Waals surface area contributed by atoms with Crippen LogP contribution in [-0.4, -0.2) is 96.4 Å². The van der Waals surface area contributed by atoms with Crippen LogP contribution in [-0.2, 0) is 19.1 Å². The van der Waals surface area contributed by atoms with Crippen molar-refractivity contribution in [2.24, 2.45) is 11.8 Å². The second-order valence-corrected chi connectivity index (χ2v) is 17.8. The molecule has 5 amide bonds. The highest BCUT2D eigenvalue weighted by Crippen LogP contribution is 2.42. The summed E-state index contributed by atoms with van der Waals surface area (Å²) in [6.07, 6.45) is 11.5. The molecule has 4 fully saturated rings. The monoisotopic (exact) mass is 831 g/mol. The van der Waals surface area contributed by atoms with Crippen LogP contribution in [0.25, 0.3) is 0 Å². The van der Waals surface area contributed by atoms with Crippen LogP contribution >= 0.6 is 0 Å². The molecule has 2 aliphatic carbocycles. The van der Waals surface area contributed by atoms with E-state index in [0.29, 0.717) is 37.2 Å². The van der Waals surface area contributed by atoms with Gasteiger partial charge in [-0.2, -0.15) is 0 Å². The summed E-state index contributed by atoms with van der Waals surface area (Å²) in [5, 5.41) is 9.56.